The van der Waals surface area contributed by atoms with Gasteiger partial charge in [-0.15, -0.1) is 0 Å². The van der Waals surface area contributed by atoms with E-state index in [1.807, 2.05) is 29.1 Å². The molecule has 2 aliphatic carbocycles. The first-order chi connectivity index (χ1) is 11.3. The van der Waals surface area contributed by atoms with Gasteiger partial charge in [0.1, 0.15) is 0 Å². The van der Waals surface area contributed by atoms with Crippen LogP contribution in [0.2, 0.25) is 0 Å². The fourth-order valence-electron chi connectivity index (χ4n) is 3.13. The normalized spacial score (nSPS) is 17.3. The molecule has 0 spiro atoms. The second-order valence-corrected chi connectivity index (χ2v) is 6.71. The Balaban J connectivity index is 1.32. The van der Waals surface area contributed by atoms with Crippen LogP contribution >= 0.6 is 0 Å². The van der Waals surface area contributed by atoms with Gasteiger partial charge in [0, 0.05) is 12.2 Å². The fraction of sp³-hybridized carbons (Fsp3) is 0.444. The zero-order chi connectivity index (χ0) is 15.6. The van der Waals surface area contributed by atoms with Crippen molar-refractivity contribution in [3.05, 3.63) is 48.3 Å². The van der Waals surface area contributed by atoms with Crippen LogP contribution in [0.3, 0.4) is 0 Å². The number of carbonyl (C=O) groups is 1. The summed E-state index contributed by atoms with van der Waals surface area (Å²) in [7, 11) is 0. The number of aromatic nitrogens is 2. The third-order valence-electron chi connectivity index (χ3n) is 4.64. The van der Waals surface area contributed by atoms with E-state index in [1.165, 1.54) is 31.2 Å². The molecule has 0 atom stereocenters. The molecule has 2 aromatic rings. The Morgan fingerprint density at radius 1 is 1.17 bits per heavy atom. The van der Waals surface area contributed by atoms with E-state index in [-0.39, 0.29) is 6.03 Å². The summed E-state index contributed by atoms with van der Waals surface area (Å²) >= 11 is 0. The van der Waals surface area contributed by atoms with Gasteiger partial charge in [0.2, 0.25) is 0 Å². The molecule has 0 radical (unpaired) electrons. The van der Waals surface area contributed by atoms with Crippen molar-refractivity contribution in [3.63, 3.8) is 0 Å². The van der Waals surface area contributed by atoms with E-state index in [9.17, 15) is 4.79 Å². The number of amides is 2. The Morgan fingerprint density at radius 2 is 1.87 bits per heavy atom. The van der Waals surface area contributed by atoms with Gasteiger partial charge in [0.15, 0.2) is 0 Å². The number of rotatable bonds is 6. The van der Waals surface area contributed by atoms with Crippen LogP contribution in [0, 0.1) is 11.8 Å². The van der Waals surface area contributed by atoms with E-state index in [1.54, 1.807) is 6.20 Å². The molecule has 2 amide bonds. The average molecular weight is 310 g/mol. The number of nitrogens with zero attached hydrogens (tertiary/aromatic N) is 2. The number of hydrogen-bond donors (Lipinski definition) is 2. The highest BCUT2D eigenvalue weighted by Crippen LogP contribution is 2.44. The summed E-state index contributed by atoms with van der Waals surface area (Å²) in [5, 5.41) is 10.4. The maximum atomic E-state index is 12.2. The lowest BCUT2D eigenvalue weighted by molar-refractivity contribution is 0.245. The molecule has 5 heteroatoms. The predicted molar refractivity (Wildman–Crippen MR) is 89.2 cm³/mol. The molecule has 1 aromatic carbocycles. The molecule has 2 fully saturated rings. The van der Waals surface area contributed by atoms with Crippen molar-refractivity contribution in [2.24, 2.45) is 11.8 Å². The van der Waals surface area contributed by atoms with Gasteiger partial charge in [0.25, 0.3) is 0 Å². The summed E-state index contributed by atoms with van der Waals surface area (Å²) in [5.41, 5.74) is 1.93. The molecule has 1 aromatic heterocycles. The number of benzene rings is 1. The highest BCUT2D eigenvalue weighted by atomic mass is 16.2. The molecule has 23 heavy (non-hydrogen) atoms. The maximum Gasteiger partial charge on any atom is 0.319 e. The molecule has 1 heterocycles. The molecular formula is C18H22N4O. The minimum atomic E-state index is -0.104. The zero-order valence-electron chi connectivity index (χ0n) is 13.1. The molecule has 120 valence electrons. The van der Waals surface area contributed by atoms with Crippen molar-refractivity contribution in [3.8, 4) is 0 Å². The van der Waals surface area contributed by atoms with Crippen LogP contribution in [0.4, 0.5) is 10.5 Å². The third kappa shape index (κ3) is 3.73. The van der Waals surface area contributed by atoms with Gasteiger partial charge in [0.05, 0.1) is 18.4 Å². The van der Waals surface area contributed by atoms with Crippen molar-refractivity contribution in [2.75, 3.05) is 5.32 Å². The first-order valence-corrected chi connectivity index (χ1v) is 8.42. The topological polar surface area (TPSA) is 59.0 Å². The van der Waals surface area contributed by atoms with E-state index in [4.69, 9.17) is 0 Å². The first kappa shape index (κ1) is 14.3. The minimum Gasteiger partial charge on any atom is -0.335 e. The average Bonchev–Trinajstić information content (AvgIpc) is 3.46. The van der Waals surface area contributed by atoms with Gasteiger partial charge in [-0.3, -0.25) is 4.68 Å². The smallest absolute Gasteiger partial charge is 0.319 e. The fourth-order valence-corrected chi connectivity index (χ4v) is 3.13. The standard InChI is InChI=1S/C18H22N4O/c23-18(21-17(14-6-7-14)15-8-9-15)20-16-10-19-22(12-16)11-13-4-2-1-3-5-13/h1-5,10,12,14-15,17H,6-9,11H2,(H2,20,21,23). The Kier molecular flexibility index (Phi) is 3.77. The molecule has 2 saturated carbocycles. The van der Waals surface area contributed by atoms with Crippen LogP contribution in [0.15, 0.2) is 42.7 Å². The monoisotopic (exact) mass is 310 g/mol. The Hall–Kier alpha value is -2.30. The van der Waals surface area contributed by atoms with Gasteiger partial charge < -0.3 is 10.6 Å². The molecule has 0 bridgehead atoms. The summed E-state index contributed by atoms with van der Waals surface area (Å²) in [6.07, 6.45) is 8.61. The zero-order valence-corrected chi connectivity index (χ0v) is 13.1. The second-order valence-electron chi connectivity index (χ2n) is 6.71. The van der Waals surface area contributed by atoms with Crippen molar-refractivity contribution < 1.29 is 4.79 Å². The van der Waals surface area contributed by atoms with Crippen LogP contribution in [-0.4, -0.2) is 21.9 Å². The first-order valence-electron chi connectivity index (χ1n) is 8.42. The molecule has 0 aliphatic heterocycles. The van der Waals surface area contributed by atoms with Crippen molar-refractivity contribution in [1.82, 2.24) is 15.1 Å². The van der Waals surface area contributed by atoms with Crippen LogP contribution in [0.5, 0.6) is 0 Å². The molecular weight excluding hydrogens is 288 g/mol. The molecule has 2 aliphatic rings. The highest BCUT2D eigenvalue weighted by Gasteiger charge is 2.42. The minimum absolute atomic E-state index is 0.104. The molecule has 0 unspecified atom stereocenters. The summed E-state index contributed by atoms with van der Waals surface area (Å²) in [6.45, 7) is 0.705. The van der Waals surface area contributed by atoms with Gasteiger partial charge in [-0.1, -0.05) is 30.3 Å². The maximum absolute atomic E-state index is 12.2. The van der Waals surface area contributed by atoms with Gasteiger partial charge in [-0.2, -0.15) is 5.10 Å². The molecule has 4 rings (SSSR count). The quantitative estimate of drug-likeness (QED) is 0.860. The third-order valence-corrected chi connectivity index (χ3v) is 4.64. The summed E-state index contributed by atoms with van der Waals surface area (Å²) < 4.78 is 1.84. The number of hydrogen-bond acceptors (Lipinski definition) is 2. The largest absolute Gasteiger partial charge is 0.335 e. The molecule has 0 saturated heterocycles. The summed E-state index contributed by atoms with van der Waals surface area (Å²) in [6, 6.07) is 10.4. The summed E-state index contributed by atoms with van der Waals surface area (Å²) in [4.78, 5) is 12.2. The van der Waals surface area contributed by atoms with Crippen LogP contribution in [0.1, 0.15) is 31.2 Å². The van der Waals surface area contributed by atoms with Crippen molar-refractivity contribution in [2.45, 2.75) is 38.3 Å². The van der Waals surface area contributed by atoms with E-state index >= 15 is 0 Å². The number of anilines is 1. The van der Waals surface area contributed by atoms with Crippen LogP contribution in [-0.2, 0) is 6.54 Å². The van der Waals surface area contributed by atoms with E-state index in [2.05, 4.69) is 27.9 Å². The number of nitrogens with one attached hydrogen (secondary N) is 2. The lowest BCUT2D eigenvalue weighted by Crippen LogP contribution is -2.40. The van der Waals surface area contributed by atoms with Gasteiger partial charge in [-0.25, -0.2) is 4.79 Å². The Bertz CT molecular complexity index is 661. The second kappa shape index (κ2) is 6.07. The number of carbonyl (C=O) groups excluding carboxylic acids is 1. The van der Waals surface area contributed by atoms with Gasteiger partial charge >= 0.3 is 6.03 Å². The van der Waals surface area contributed by atoms with Crippen LogP contribution < -0.4 is 10.6 Å². The predicted octanol–water partition coefficient (Wildman–Crippen LogP) is 3.24. The Morgan fingerprint density at radius 3 is 2.52 bits per heavy atom. The summed E-state index contributed by atoms with van der Waals surface area (Å²) in [5.74, 6) is 1.41. The Labute approximate surface area is 136 Å². The molecule has 2 N–H and O–H groups in total. The van der Waals surface area contributed by atoms with E-state index in [0.29, 0.717) is 24.4 Å². The molecule has 5 nitrogen and oxygen atoms in total. The SMILES string of the molecule is O=C(Nc1cnn(Cc2ccccc2)c1)NC(C1CC1)C1CC1. The van der Waals surface area contributed by atoms with E-state index < -0.39 is 0 Å². The van der Waals surface area contributed by atoms with E-state index in [0.717, 1.165) is 5.69 Å². The highest BCUT2D eigenvalue weighted by molar-refractivity contribution is 5.89. The van der Waals surface area contributed by atoms with Crippen molar-refractivity contribution >= 4 is 11.7 Å². The van der Waals surface area contributed by atoms with Crippen molar-refractivity contribution in [1.29, 1.82) is 0 Å². The number of urea groups is 1. The van der Waals surface area contributed by atoms with Gasteiger partial charge in [-0.05, 0) is 43.1 Å². The lowest BCUT2D eigenvalue weighted by atomic mass is 10.1. The lowest BCUT2D eigenvalue weighted by Gasteiger charge is -2.17. The van der Waals surface area contributed by atoms with Crippen LogP contribution in [0.25, 0.3) is 0 Å².